The van der Waals surface area contributed by atoms with Gasteiger partial charge in [0.1, 0.15) is 0 Å². The minimum Gasteiger partial charge on any atom is -0.356 e. The van der Waals surface area contributed by atoms with Crippen molar-refractivity contribution in [3.8, 4) is 0 Å². The van der Waals surface area contributed by atoms with Crippen molar-refractivity contribution in [3.63, 3.8) is 0 Å². The highest BCUT2D eigenvalue weighted by molar-refractivity contribution is 7.09. The normalized spacial score (nSPS) is 24.0. The van der Waals surface area contributed by atoms with E-state index in [-0.39, 0.29) is 30.7 Å². The van der Waals surface area contributed by atoms with Crippen LogP contribution in [0.25, 0.3) is 0 Å². The second kappa shape index (κ2) is 11.3. The lowest BCUT2D eigenvalue weighted by Gasteiger charge is -2.32. The van der Waals surface area contributed by atoms with Gasteiger partial charge in [0.2, 0.25) is 5.91 Å². The number of nitrogens with one attached hydrogen (secondary N) is 2. The van der Waals surface area contributed by atoms with Crippen molar-refractivity contribution >= 4 is 42.1 Å². The van der Waals surface area contributed by atoms with Crippen molar-refractivity contribution in [1.82, 2.24) is 15.5 Å². The molecule has 2 N–H and O–H groups in total. The van der Waals surface area contributed by atoms with Gasteiger partial charge in [-0.3, -0.25) is 9.69 Å². The summed E-state index contributed by atoms with van der Waals surface area (Å²) in [4.78, 5) is 16.0. The Labute approximate surface area is 161 Å². The van der Waals surface area contributed by atoms with E-state index in [0.717, 1.165) is 32.6 Å². The van der Waals surface area contributed by atoms with Gasteiger partial charge in [0.15, 0.2) is 0 Å². The van der Waals surface area contributed by atoms with E-state index in [1.807, 2.05) is 11.3 Å². The summed E-state index contributed by atoms with van der Waals surface area (Å²) >= 11 is 1.84. The van der Waals surface area contributed by atoms with Gasteiger partial charge in [0.05, 0.1) is 0 Å². The molecule has 2 aliphatic rings. The maximum absolute atomic E-state index is 12.0. The molecule has 1 aromatic heterocycles. The third-order valence-corrected chi connectivity index (χ3v) is 5.61. The second-order valence-electron chi connectivity index (χ2n) is 6.62. The Bertz CT molecular complexity index is 466. The van der Waals surface area contributed by atoms with E-state index in [4.69, 9.17) is 0 Å². The van der Waals surface area contributed by atoms with Gasteiger partial charge in [0, 0.05) is 37.0 Å². The predicted molar refractivity (Wildman–Crippen MR) is 105 cm³/mol. The van der Waals surface area contributed by atoms with E-state index < -0.39 is 0 Å². The Kier molecular flexibility index (Phi) is 10.2. The fraction of sp³-hybridized carbons (Fsp3) is 0.706. The van der Waals surface area contributed by atoms with Crippen LogP contribution in [0.15, 0.2) is 17.5 Å². The number of carbonyl (C=O) groups is 1. The summed E-state index contributed by atoms with van der Waals surface area (Å²) in [5.41, 5.74) is 0. The molecule has 0 saturated carbocycles. The summed E-state index contributed by atoms with van der Waals surface area (Å²) in [7, 11) is 0. The Morgan fingerprint density at radius 2 is 2.21 bits per heavy atom. The summed E-state index contributed by atoms with van der Waals surface area (Å²) in [6.07, 6.45) is 5.48. The minimum absolute atomic E-state index is 0. The molecule has 2 fully saturated rings. The van der Waals surface area contributed by atoms with Crippen LogP contribution >= 0.6 is 36.2 Å². The first kappa shape index (κ1) is 21.7. The van der Waals surface area contributed by atoms with Gasteiger partial charge in [-0.05, 0) is 56.1 Å². The second-order valence-corrected chi connectivity index (χ2v) is 7.66. The topological polar surface area (TPSA) is 44.4 Å². The van der Waals surface area contributed by atoms with Gasteiger partial charge < -0.3 is 10.6 Å². The van der Waals surface area contributed by atoms with Crippen molar-refractivity contribution in [2.24, 2.45) is 5.92 Å². The lowest BCUT2D eigenvalue weighted by Crippen LogP contribution is -2.41. The number of thiophene rings is 1. The lowest BCUT2D eigenvalue weighted by molar-refractivity contribution is -0.121. The van der Waals surface area contributed by atoms with E-state index in [1.165, 1.54) is 30.7 Å². The standard InChI is InChI=1S/C17H27N3OS.2ClH/c21-17(10-15-5-1-7-18-15)19-11-14-4-2-8-20(12-14)13-16-6-3-9-22-16;;/h3,6,9,14-15,18H,1-2,4-5,7-8,10-13H2,(H,19,21);2*1H. The van der Waals surface area contributed by atoms with Crippen LogP contribution in [-0.4, -0.2) is 43.0 Å². The van der Waals surface area contributed by atoms with E-state index in [9.17, 15) is 4.79 Å². The summed E-state index contributed by atoms with van der Waals surface area (Å²) in [6, 6.07) is 4.74. The van der Waals surface area contributed by atoms with E-state index in [1.54, 1.807) is 0 Å². The highest BCUT2D eigenvalue weighted by Gasteiger charge is 2.22. The number of hydrogen-bond acceptors (Lipinski definition) is 4. The number of nitrogens with zero attached hydrogens (tertiary/aromatic N) is 1. The quantitative estimate of drug-likeness (QED) is 0.780. The molecule has 1 aromatic rings. The molecule has 24 heavy (non-hydrogen) atoms. The lowest BCUT2D eigenvalue weighted by atomic mass is 9.98. The minimum atomic E-state index is 0. The molecule has 2 unspecified atom stereocenters. The molecule has 3 rings (SSSR count). The third-order valence-electron chi connectivity index (χ3n) is 4.74. The van der Waals surface area contributed by atoms with Gasteiger partial charge in [-0.25, -0.2) is 0 Å². The van der Waals surface area contributed by atoms with Gasteiger partial charge in [-0.15, -0.1) is 36.2 Å². The van der Waals surface area contributed by atoms with Gasteiger partial charge in [-0.2, -0.15) is 0 Å². The number of likely N-dealkylation sites (tertiary alicyclic amines) is 1. The van der Waals surface area contributed by atoms with E-state index >= 15 is 0 Å². The number of amides is 1. The van der Waals surface area contributed by atoms with Crippen molar-refractivity contribution in [1.29, 1.82) is 0 Å². The number of hydrogen-bond donors (Lipinski definition) is 2. The molecule has 0 aromatic carbocycles. The van der Waals surface area contributed by atoms with Crippen LogP contribution in [0.1, 0.15) is 37.0 Å². The highest BCUT2D eigenvalue weighted by atomic mass is 35.5. The molecule has 0 spiro atoms. The maximum Gasteiger partial charge on any atom is 0.221 e. The van der Waals surface area contributed by atoms with Crippen LogP contribution in [0.4, 0.5) is 0 Å². The summed E-state index contributed by atoms with van der Waals surface area (Å²) in [5.74, 6) is 0.823. The molecular weight excluding hydrogens is 365 g/mol. The smallest absolute Gasteiger partial charge is 0.221 e. The highest BCUT2D eigenvalue weighted by Crippen LogP contribution is 2.20. The van der Waals surface area contributed by atoms with Crippen LogP contribution in [0.3, 0.4) is 0 Å². The van der Waals surface area contributed by atoms with Crippen LogP contribution in [0.5, 0.6) is 0 Å². The van der Waals surface area contributed by atoms with Gasteiger partial charge in [0.25, 0.3) is 0 Å². The molecule has 2 saturated heterocycles. The van der Waals surface area contributed by atoms with Crippen molar-refractivity contribution in [2.45, 2.75) is 44.7 Å². The first-order valence-corrected chi connectivity index (χ1v) is 9.42. The largest absolute Gasteiger partial charge is 0.356 e. The SMILES string of the molecule is Cl.Cl.O=C(CC1CCCN1)NCC1CCCN(Cc2cccs2)C1. The molecule has 0 radical (unpaired) electrons. The Morgan fingerprint density at radius 3 is 2.92 bits per heavy atom. The summed E-state index contributed by atoms with van der Waals surface area (Å²) in [5, 5.41) is 8.69. The molecule has 4 nitrogen and oxygen atoms in total. The fourth-order valence-electron chi connectivity index (χ4n) is 3.57. The van der Waals surface area contributed by atoms with Gasteiger partial charge >= 0.3 is 0 Å². The van der Waals surface area contributed by atoms with Crippen LogP contribution in [0.2, 0.25) is 0 Å². The molecule has 2 atom stereocenters. The van der Waals surface area contributed by atoms with Crippen LogP contribution in [0, 0.1) is 5.92 Å². The molecule has 3 heterocycles. The van der Waals surface area contributed by atoms with E-state index in [2.05, 4.69) is 33.0 Å². The number of carbonyl (C=O) groups excluding carboxylic acids is 1. The predicted octanol–water partition coefficient (Wildman–Crippen LogP) is 3.06. The summed E-state index contributed by atoms with van der Waals surface area (Å²) < 4.78 is 0. The van der Waals surface area contributed by atoms with Crippen LogP contribution < -0.4 is 10.6 Å². The van der Waals surface area contributed by atoms with Gasteiger partial charge in [-0.1, -0.05) is 6.07 Å². The van der Waals surface area contributed by atoms with Crippen LogP contribution in [-0.2, 0) is 11.3 Å². The molecule has 0 bridgehead atoms. The van der Waals surface area contributed by atoms with Crippen molar-refractivity contribution in [2.75, 3.05) is 26.2 Å². The number of rotatable bonds is 6. The zero-order valence-corrected chi connectivity index (χ0v) is 16.5. The number of piperidine rings is 1. The Hall–Kier alpha value is -0.330. The number of halogens is 2. The monoisotopic (exact) mass is 393 g/mol. The average molecular weight is 394 g/mol. The Balaban J connectivity index is 0.00000144. The average Bonchev–Trinajstić information content (AvgIpc) is 3.19. The summed E-state index contributed by atoms with van der Waals surface area (Å²) in [6.45, 7) is 5.27. The fourth-order valence-corrected chi connectivity index (χ4v) is 4.32. The third kappa shape index (κ3) is 6.89. The Morgan fingerprint density at radius 1 is 1.33 bits per heavy atom. The van der Waals surface area contributed by atoms with E-state index in [0.29, 0.717) is 18.4 Å². The first-order valence-electron chi connectivity index (χ1n) is 8.54. The molecule has 7 heteroatoms. The molecule has 1 amide bonds. The molecule has 138 valence electrons. The first-order chi connectivity index (χ1) is 10.8. The zero-order valence-electron chi connectivity index (χ0n) is 14.0. The maximum atomic E-state index is 12.0. The zero-order chi connectivity index (χ0) is 15.2. The molecule has 0 aliphatic carbocycles. The van der Waals surface area contributed by atoms with Crippen molar-refractivity contribution < 1.29 is 4.79 Å². The van der Waals surface area contributed by atoms with Crippen molar-refractivity contribution in [3.05, 3.63) is 22.4 Å². The molecular formula is C17H29Cl2N3OS. The molecule has 2 aliphatic heterocycles.